The van der Waals surface area contributed by atoms with Gasteiger partial charge < -0.3 is 15.8 Å². The fourth-order valence-electron chi connectivity index (χ4n) is 6.59. The topological polar surface area (TPSA) is 146 Å². The number of aromatic nitrogens is 5. The average molecular weight is 724 g/mol. The van der Waals surface area contributed by atoms with Crippen LogP contribution in [0, 0.1) is 5.41 Å². The molecule has 2 amide bonds. The number of hydrogen-bond donors (Lipinski definition) is 2. The van der Waals surface area contributed by atoms with E-state index >= 15 is 0 Å². The van der Waals surface area contributed by atoms with Crippen LogP contribution in [0.15, 0.2) is 72.5 Å². The molecule has 0 radical (unpaired) electrons. The van der Waals surface area contributed by atoms with Crippen molar-refractivity contribution in [1.29, 1.82) is 0 Å². The zero-order chi connectivity index (χ0) is 36.3. The van der Waals surface area contributed by atoms with Crippen LogP contribution in [0.25, 0.3) is 16.8 Å². The SMILES string of the molecule is CC(C)(C)C[C@]1(c2ccc(-c3cnn(C4CC4)c3)cc2)N=C(N)N(C(COC(=O)NC2(C(F)(F)F)CC2)c2ccc(Cl)c(-n3cncn3)c2)C1=O. The Bertz CT molecular complexity index is 1980. The summed E-state index contributed by atoms with van der Waals surface area (Å²) in [5, 5.41) is 10.9. The summed E-state index contributed by atoms with van der Waals surface area (Å²) < 4.78 is 49.7. The molecule has 3 N–H and O–H groups in total. The Morgan fingerprint density at radius 3 is 2.43 bits per heavy atom. The summed E-state index contributed by atoms with van der Waals surface area (Å²) in [4.78, 5) is 37.8. The number of nitrogens with two attached hydrogens (primary N) is 1. The first-order valence-corrected chi connectivity index (χ1v) is 17.0. The Balaban J connectivity index is 1.24. The summed E-state index contributed by atoms with van der Waals surface area (Å²) in [6, 6.07) is 11.7. The van der Waals surface area contributed by atoms with Gasteiger partial charge in [-0.05, 0) is 66.3 Å². The Morgan fingerprint density at radius 2 is 1.82 bits per heavy atom. The smallest absolute Gasteiger partial charge is 0.411 e. The number of alkyl carbamates (subject to hydrolysis) is 1. The predicted octanol–water partition coefficient (Wildman–Crippen LogP) is 6.47. The van der Waals surface area contributed by atoms with Gasteiger partial charge in [0, 0.05) is 11.8 Å². The largest absolute Gasteiger partial charge is 0.447 e. The molecule has 2 aliphatic carbocycles. The number of hydrogen-bond acceptors (Lipinski definition) is 8. The quantitative estimate of drug-likeness (QED) is 0.191. The van der Waals surface area contributed by atoms with Gasteiger partial charge in [0.1, 0.15) is 24.8 Å². The van der Waals surface area contributed by atoms with Crippen LogP contribution >= 0.6 is 11.6 Å². The maximum absolute atomic E-state index is 14.9. The summed E-state index contributed by atoms with van der Waals surface area (Å²) in [5.74, 6) is -0.622. The molecule has 268 valence electrons. The number of alkyl halides is 3. The highest BCUT2D eigenvalue weighted by molar-refractivity contribution is 6.32. The lowest BCUT2D eigenvalue weighted by Crippen LogP contribution is -2.50. The fourth-order valence-corrected chi connectivity index (χ4v) is 6.80. The first kappa shape index (κ1) is 34.5. The molecule has 1 unspecified atom stereocenters. The van der Waals surface area contributed by atoms with E-state index in [1.54, 1.807) is 18.2 Å². The maximum atomic E-state index is 14.9. The van der Waals surface area contributed by atoms with Gasteiger partial charge in [-0.3, -0.25) is 14.4 Å². The van der Waals surface area contributed by atoms with E-state index in [0.29, 0.717) is 27.9 Å². The van der Waals surface area contributed by atoms with Gasteiger partial charge in [0.15, 0.2) is 11.5 Å². The lowest BCUT2D eigenvalue weighted by atomic mass is 9.75. The number of aliphatic imine (C=N–C) groups is 1. The minimum absolute atomic E-state index is 0.140. The number of nitrogens with zero attached hydrogens (tertiary/aromatic N) is 7. The minimum Gasteiger partial charge on any atom is -0.447 e. The van der Waals surface area contributed by atoms with Crippen LogP contribution in [0.5, 0.6) is 0 Å². The lowest BCUT2D eigenvalue weighted by molar-refractivity contribution is -0.164. The number of rotatable bonds is 10. The van der Waals surface area contributed by atoms with Crippen molar-refractivity contribution in [2.24, 2.45) is 16.1 Å². The third kappa shape index (κ3) is 6.66. The summed E-state index contributed by atoms with van der Waals surface area (Å²) in [7, 11) is 0. The molecule has 2 saturated carbocycles. The highest BCUT2D eigenvalue weighted by Gasteiger charge is 2.64. The molecule has 2 aromatic heterocycles. The molecule has 12 nitrogen and oxygen atoms in total. The number of carbonyl (C=O) groups excluding carboxylic acids is 2. The zero-order valence-electron chi connectivity index (χ0n) is 28.2. The van der Waals surface area contributed by atoms with Crippen LogP contribution in [-0.4, -0.2) is 65.7 Å². The Kier molecular flexibility index (Phi) is 8.39. The molecule has 16 heteroatoms. The van der Waals surface area contributed by atoms with Crippen molar-refractivity contribution < 1.29 is 27.5 Å². The Hall–Kier alpha value is -4.92. The van der Waals surface area contributed by atoms with Crippen LogP contribution in [-0.2, 0) is 15.1 Å². The highest BCUT2D eigenvalue weighted by Crippen LogP contribution is 2.49. The van der Waals surface area contributed by atoms with Gasteiger partial charge in [0.25, 0.3) is 5.91 Å². The average Bonchev–Trinajstić information content (AvgIpc) is 3.93. The number of benzene rings is 2. The van der Waals surface area contributed by atoms with Crippen molar-refractivity contribution in [1.82, 2.24) is 34.8 Å². The van der Waals surface area contributed by atoms with E-state index in [9.17, 15) is 22.8 Å². The highest BCUT2D eigenvalue weighted by atomic mass is 35.5. The second kappa shape index (κ2) is 12.4. The van der Waals surface area contributed by atoms with Crippen molar-refractivity contribution in [2.75, 3.05) is 6.61 Å². The van der Waals surface area contributed by atoms with E-state index < -0.39 is 47.3 Å². The predicted molar refractivity (Wildman–Crippen MR) is 182 cm³/mol. The molecule has 1 aliphatic heterocycles. The molecule has 4 aromatic rings. The van der Waals surface area contributed by atoms with Crippen LogP contribution in [0.3, 0.4) is 0 Å². The summed E-state index contributed by atoms with van der Waals surface area (Å²) >= 11 is 6.51. The molecule has 3 aliphatic rings. The summed E-state index contributed by atoms with van der Waals surface area (Å²) in [5.41, 5.74) is 5.68. The first-order chi connectivity index (χ1) is 24.1. The van der Waals surface area contributed by atoms with Gasteiger partial charge in [-0.15, -0.1) is 0 Å². The molecule has 0 spiro atoms. The van der Waals surface area contributed by atoms with E-state index in [2.05, 4.69) is 15.2 Å². The number of halogens is 4. The molecular weight excluding hydrogens is 687 g/mol. The Labute approximate surface area is 296 Å². The van der Waals surface area contributed by atoms with E-state index in [-0.39, 0.29) is 25.2 Å². The third-order valence-electron chi connectivity index (χ3n) is 9.47. The number of ether oxygens (including phenoxy) is 1. The molecule has 7 rings (SSSR count). The van der Waals surface area contributed by atoms with Gasteiger partial charge in [0.2, 0.25) is 0 Å². The number of carbonyl (C=O) groups is 2. The fraction of sp³-hybridized carbons (Fsp3) is 0.429. The van der Waals surface area contributed by atoms with E-state index in [1.807, 2.05) is 67.4 Å². The van der Waals surface area contributed by atoms with Crippen LogP contribution < -0.4 is 11.1 Å². The monoisotopic (exact) mass is 723 g/mol. The van der Waals surface area contributed by atoms with Crippen molar-refractivity contribution in [3.8, 4) is 16.8 Å². The second-order valence-electron chi connectivity index (χ2n) is 14.6. The zero-order valence-corrected chi connectivity index (χ0v) is 28.9. The number of nitrogens with one attached hydrogen (secondary N) is 1. The summed E-state index contributed by atoms with van der Waals surface area (Å²) in [6.45, 7) is 5.41. The Morgan fingerprint density at radius 1 is 1.10 bits per heavy atom. The lowest BCUT2D eigenvalue weighted by Gasteiger charge is -2.35. The summed E-state index contributed by atoms with van der Waals surface area (Å²) in [6.07, 6.45) is 2.63. The second-order valence-corrected chi connectivity index (χ2v) is 15.0. The van der Waals surface area contributed by atoms with E-state index in [1.165, 1.54) is 22.2 Å². The molecule has 2 fully saturated rings. The molecule has 2 atom stereocenters. The van der Waals surface area contributed by atoms with Crippen molar-refractivity contribution >= 4 is 29.6 Å². The van der Waals surface area contributed by atoms with E-state index in [4.69, 9.17) is 27.1 Å². The van der Waals surface area contributed by atoms with Crippen LogP contribution in [0.1, 0.15) is 76.1 Å². The van der Waals surface area contributed by atoms with Gasteiger partial charge in [-0.2, -0.15) is 23.4 Å². The molecule has 2 aromatic carbocycles. The molecule has 0 saturated heterocycles. The van der Waals surface area contributed by atoms with Crippen molar-refractivity contribution in [2.45, 2.75) is 82.2 Å². The van der Waals surface area contributed by atoms with Crippen molar-refractivity contribution in [3.63, 3.8) is 0 Å². The van der Waals surface area contributed by atoms with E-state index in [0.717, 1.165) is 24.0 Å². The number of amides is 2. The third-order valence-corrected chi connectivity index (χ3v) is 9.79. The van der Waals surface area contributed by atoms with Gasteiger partial charge in [0.05, 0.1) is 29.0 Å². The van der Waals surface area contributed by atoms with Gasteiger partial charge in [-0.1, -0.05) is 62.7 Å². The molecular formula is C35H37ClF3N9O3. The minimum atomic E-state index is -4.64. The van der Waals surface area contributed by atoms with Gasteiger partial charge >= 0.3 is 12.3 Å². The van der Waals surface area contributed by atoms with Crippen LogP contribution in [0.2, 0.25) is 5.02 Å². The van der Waals surface area contributed by atoms with Gasteiger partial charge in [-0.25, -0.2) is 19.5 Å². The number of guanidine groups is 1. The molecule has 0 bridgehead atoms. The molecule has 51 heavy (non-hydrogen) atoms. The van der Waals surface area contributed by atoms with Crippen molar-refractivity contribution in [3.05, 3.63) is 83.7 Å². The molecule has 3 heterocycles. The first-order valence-electron chi connectivity index (χ1n) is 16.6. The maximum Gasteiger partial charge on any atom is 0.411 e. The van der Waals surface area contributed by atoms with Crippen LogP contribution in [0.4, 0.5) is 18.0 Å². The standard InChI is InChI=1S/C35H37ClF3N9O3/c1-32(2,3)18-34(24-7-4-21(5-8-24)23-15-42-46(16-23)25-9-10-25)29(49)48(30(40)44-34)28(17-51-31(50)45-33(12-13-33)35(37,38)39)22-6-11-26(36)27(14-22)47-20-41-19-43-47/h4-8,11,14-16,19-20,25,28H,9-10,12-13,17-18H2,1-3H3,(H2,40,44)(H,45,50)/t28?,34-/m1/s1. The normalized spacial score (nSPS) is 20.6.